The number of nitrogens with one attached hydrogen (secondary N) is 1. The molecule has 0 heterocycles. The lowest BCUT2D eigenvalue weighted by Crippen LogP contribution is -2.27. The van der Waals surface area contributed by atoms with Crippen molar-refractivity contribution in [3.63, 3.8) is 0 Å². The summed E-state index contributed by atoms with van der Waals surface area (Å²) in [6.07, 6.45) is 2.70. The molecule has 1 N–H and O–H groups in total. The molecule has 1 heteroatoms. The second-order valence-electron chi connectivity index (χ2n) is 3.69. The highest BCUT2D eigenvalue weighted by molar-refractivity contribution is 4.84. The summed E-state index contributed by atoms with van der Waals surface area (Å²) in [5, 5.41) is 3.52. The van der Waals surface area contributed by atoms with E-state index in [9.17, 15) is 0 Å². The molecule has 0 radical (unpaired) electrons. The molecule has 3 atom stereocenters. The maximum absolute atomic E-state index is 3.52. The van der Waals surface area contributed by atoms with E-state index in [-0.39, 0.29) is 0 Å². The molecule has 1 saturated carbocycles. The summed E-state index contributed by atoms with van der Waals surface area (Å²) in [4.78, 5) is 0. The van der Waals surface area contributed by atoms with Gasteiger partial charge in [0.15, 0.2) is 0 Å². The molecule has 0 aromatic carbocycles. The third-order valence-corrected chi connectivity index (χ3v) is 2.62. The van der Waals surface area contributed by atoms with Gasteiger partial charge in [-0.15, -0.1) is 0 Å². The lowest BCUT2D eigenvalue weighted by Gasteiger charge is -2.09. The Bertz CT molecular complexity index is 96.9. The maximum atomic E-state index is 3.52. The van der Waals surface area contributed by atoms with Crippen LogP contribution in [0, 0.1) is 11.8 Å². The molecule has 0 spiro atoms. The van der Waals surface area contributed by atoms with Gasteiger partial charge in [0.1, 0.15) is 0 Å². The zero-order chi connectivity index (χ0) is 7.56. The van der Waals surface area contributed by atoms with E-state index in [4.69, 9.17) is 0 Å². The van der Waals surface area contributed by atoms with Crippen molar-refractivity contribution in [3.05, 3.63) is 0 Å². The summed E-state index contributed by atoms with van der Waals surface area (Å²) in [6.45, 7) is 8.07. The third kappa shape index (κ3) is 2.30. The summed E-state index contributed by atoms with van der Waals surface area (Å²) in [5.74, 6) is 1.99. The Morgan fingerprint density at radius 2 is 2.20 bits per heavy atom. The molecule has 0 aromatic rings. The predicted molar refractivity (Wildman–Crippen MR) is 45.0 cm³/mol. The van der Waals surface area contributed by atoms with E-state index in [0.29, 0.717) is 6.04 Å². The van der Waals surface area contributed by atoms with Crippen LogP contribution in [0.1, 0.15) is 33.6 Å². The van der Waals surface area contributed by atoms with Crippen LogP contribution in [0.15, 0.2) is 0 Å². The topological polar surface area (TPSA) is 12.0 Å². The molecule has 1 aliphatic carbocycles. The summed E-state index contributed by atoms with van der Waals surface area (Å²) >= 11 is 0. The van der Waals surface area contributed by atoms with Gasteiger partial charge in [-0.05, 0) is 38.1 Å². The van der Waals surface area contributed by atoms with Gasteiger partial charge in [-0.3, -0.25) is 0 Å². The molecule has 1 rings (SSSR count). The van der Waals surface area contributed by atoms with E-state index in [1.165, 1.54) is 19.4 Å². The zero-order valence-electron chi connectivity index (χ0n) is 7.35. The Morgan fingerprint density at radius 1 is 1.60 bits per heavy atom. The number of hydrogen-bond donors (Lipinski definition) is 1. The standard InChI is InChI=1S/C9H19N/c1-4-8(3)10-6-9-5-7(9)2/h7-10H,4-6H2,1-3H3. The van der Waals surface area contributed by atoms with Crippen molar-refractivity contribution in [2.45, 2.75) is 39.7 Å². The largest absolute Gasteiger partial charge is 0.314 e. The van der Waals surface area contributed by atoms with Crippen LogP contribution in [0.5, 0.6) is 0 Å². The van der Waals surface area contributed by atoms with E-state index < -0.39 is 0 Å². The van der Waals surface area contributed by atoms with Gasteiger partial charge in [0.2, 0.25) is 0 Å². The number of hydrogen-bond acceptors (Lipinski definition) is 1. The Kier molecular flexibility index (Phi) is 2.72. The molecule has 1 nitrogen and oxygen atoms in total. The van der Waals surface area contributed by atoms with Crippen molar-refractivity contribution in [1.29, 1.82) is 0 Å². The van der Waals surface area contributed by atoms with Crippen LogP contribution in [0.25, 0.3) is 0 Å². The normalized spacial score (nSPS) is 33.9. The van der Waals surface area contributed by atoms with E-state index in [2.05, 4.69) is 26.1 Å². The van der Waals surface area contributed by atoms with E-state index in [0.717, 1.165) is 11.8 Å². The summed E-state index contributed by atoms with van der Waals surface area (Å²) in [5.41, 5.74) is 0. The highest BCUT2D eigenvalue weighted by Gasteiger charge is 2.31. The van der Waals surface area contributed by atoms with Crippen molar-refractivity contribution >= 4 is 0 Å². The van der Waals surface area contributed by atoms with Gasteiger partial charge >= 0.3 is 0 Å². The summed E-state index contributed by atoms with van der Waals surface area (Å²) < 4.78 is 0. The van der Waals surface area contributed by atoms with Crippen molar-refractivity contribution in [2.24, 2.45) is 11.8 Å². The molecule has 60 valence electrons. The Hall–Kier alpha value is -0.0400. The van der Waals surface area contributed by atoms with Gasteiger partial charge in [0.05, 0.1) is 0 Å². The van der Waals surface area contributed by atoms with Crippen LogP contribution in [0.3, 0.4) is 0 Å². The molecule has 0 amide bonds. The number of rotatable bonds is 4. The Balaban J connectivity index is 1.95. The average Bonchev–Trinajstić information content (AvgIpc) is 2.61. The van der Waals surface area contributed by atoms with Gasteiger partial charge in [-0.1, -0.05) is 13.8 Å². The van der Waals surface area contributed by atoms with Crippen LogP contribution in [-0.2, 0) is 0 Å². The Labute approximate surface area is 64.2 Å². The predicted octanol–water partition coefficient (Wildman–Crippen LogP) is 2.03. The lowest BCUT2D eigenvalue weighted by molar-refractivity contribution is 0.506. The fourth-order valence-electron chi connectivity index (χ4n) is 1.18. The molecule has 1 fully saturated rings. The van der Waals surface area contributed by atoms with Gasteiger partial charge in [-0.25, -0.2) is 0 Å². The maximum Gasteiger partial charge on any atom is 0.00362 e. The second-order valence-corrected chi connectivity index (χ2v) is 3.69. The summed E-state index contributed by atoms with van der Waals surface area (Å²) in [6, 6.07) is 0.716. The SMILES string of the molecule is CCC(C)NCC1CC1C. The molecule has 0 bridgehead atoms. The minimum Gasteiger partial charge on any atom is -0.314 e. The van der Waals surface area contributed by atoms with Crippen molar-refractivity contribution in [1.82, 2.24) is 5.32 Å². The lowest BCUT2D eigenvalue weighted by atomic mass is 10.2. The molecular weight excluding hydrogens is 122 g/mol. The molecule has 0 aromatic heterocycles. The first kappa shape index (κ1) is 8.06. The Morgan fingerprint density at radius 3 is 2.60 bits per heavy atom. The molecule has 1 aliphatic rings. The fraction of sp³-hybridized carbons (Fsp3) is 1.00. The first-order valence-corrected chi connectivity index (χ1v) is 4.47. The molecule has 3 unspecified atom stereocenters. The van der Waals surface area contributed by atoms with Gasteiger partial charge in [-0.2, -0.15) is 0 Å². The molecule has 0 aliphatic heterocycles. The summed E-state index contributed by atoms with van der Waals surface area (Å²) in [7, 11) is 0. The second kappa shape index (κ2) is 3.38. The van der Waals surface area contributed by atoms with Crippen LogP contribution in [0.2, 0.25) is 0 Å². The van der Waals surface area contributed by atoms with Crippen molar-refractivity contribution in [3.8, 4) is 0 Å². The smallest absolute Gasteiger partial charge is 0.00362 e. The van der Waals surface area contributed by atoms with Crippen LogP contribution in [0.4, 0.5) is 0 Å². The van der Waals surface area contributed by atoms with Crippen molar-refractivity contribution < 1.29 is 0 Å². The molecular formula is C9H19N. The quantitative estimate of drug-likeness (QED) is 0.631. The van der Waals surface area contributed by atoms with Crippen LogP contribution in [-0.4, -0.2) is 12.6 Å². The van der Waals surface area contributed by atoms with E-state index in [1.54, 1.807) is 0 Å². The highest BCUT2D eigenvalue weighted by atomic mass is 14.9. The first-order chi connectivity index (χ1) is 4.74. The molecule has 10 heavy (non-hydrogen) atoms. The first-order valence-electron chi connectivity index (χ1n) is 4.47. The zero-order valence-corrected chi connectivity index (χ0v) is 7.35. The molecule has 0 saturated heterocycles. The van der Waals surface area contributed by atoms with Gasteiger partial charge in [0, 0.05) is 6.04 Å². The van der Waals surface area contributed by atoms with Gasteiger partial charge < -0.3 is 5.32 Å². The minimum absolute atomic E-state index is 0.716. The fourth-order valence-corrected chi connectivity index (χ4v) is 1.18. The van der Waals surface area contributed by atoms with Crippen LogP contribution >= 0.6 is 0 Å². The third-order valence-electron chi connectivity index (χ3n) is 2.62. The van der Waals surface area contributed by atoms with Crippen LogP contribution < -0.4 is 5.32 Å². The highest BCUT2D eigenvalue weighted by Crippen LogP contribution is 2.36. The van der Waals surface area contributed by atoms with E-state index in [1.807, 2.05) is 0 Å². The van der Waals surface area contributed by atoms with Gasteiger partial charge in [0.25, 0.3) is 0 Å². The van der Waals surface area contributed by atoms with Crippen molar-refractivity contribution in [2.75, 3.05) is 6.54 Å². The van der Waals surface area contributed by atoms with E-state index >= 15 is 0 Å². The monoisotopic (exact) mass is 141 g/mol. The average molecular weight is 141 g/mol. The minimum atomic E-state index is 0.716.